The molecular formula is C29H40NO9+. The fourth-order valence-electron chi connectivity index (χ4n) is 5.30. The summed E-state index contributed by atoms with van der Waals surface area (Å²) in [5.41, 5.74) is 3.41. The maximum atomic E-state index is 11.9. The molecule has 0 saturated heterocycles. The molecule has 3 rings (SSSR count). The van der Waals surface area contributed by atoms with E-state index in [4.69, 9.17) is 33.5 Å². The van der Waals surface area contributed by atoms with Gasteiger partial charge in [0.25, 0.3) is 0 Å². The normalized spacial score (nSPS) is 18.1. The van der Waals surface area contributed by atoms with Crippen molar-refractivity contribution >= 4 is 11.9 Å². The van der Waals surface area contributed by atoms with E-state index in [0.717, 1.165) is 25.1 Å². The molecule has 10 heteroatoms. The predicted molar refractivity (Wildman–Crippen MR) is 144 cm³/mol. The molecule has 0 unspecified atom stereocenters. The maximum absolute atomic E-state index is 11.9. The van der Waals surface area contributed by atoms with Crippen molar-refractivity contribution in [1.82, 2.24) is 0 Å². The predicted octanol–water partition coefficient (Wildman–Crippen LogP) is 3.81. The number of quaternary nitrogens is 1. The number of carbonyl (C=O) groups is 2. The summed E-state index contributed by atoms with van der Waals surface area (Å²) in [6, 6.07) is 8.14. The number of hydrogen-bond acceptors (Lipinski definition) is 8. The quantitative estimate of drug-likeness (QED) is 0.215. The second kappa shape index (κ2) is 13.4. The van der Waals surface area contributed by atoms with Crippen molar-refractivity contribution in [2.75, 3.05) is 62.3 Å². The monoisotopic (exact) mass is 546 g/mol. The van der Waals surface area contributed by atoms with Gasteiger partial charge in [-0.25, -0.2) is 0 Å². The molecule has 39 heavy (non-hydrogen) atoms. The lowest BCUT2D eigenvalue weighted by molar-refractivity contribution is -0.941. The van der Waals surface area contributed by atoms with E-state index in [1.807, 2.05) is 12.1 Å². The van der Waals surface area contributed by atoms with Gasteiger partial charge in [0.15, 0.2) is 23.0 Å². The Kier molecular flexibility index (Phi) is 10.3. The minimum absolute atomic E-state index is 0.0547. The Morgan fingerprint density at radius 1 is 0.872 bits per heavy atom. The standard InChI is InChI=1S/C29H39NO9/c1-30(11-7-13-39-28(33)9-8-27(31)32)12-10-20-17-23(34-2)24(35-3)18-21(20)22(30)14-19-15-25(36-4)29(38-6)26(16-19)37-5/h15-18,22H,7-14H2,1-6H3/p+1/t22-,30-/m1/s1. The summed E-state index contributed by atoms with van der Waals surface area (Å²) in [4.78, 5) is 22.6. The molecule has 0 radical (unpaired) electrons. The third-order valence-electron chi connectivity index (χ3n) is 7.42. The third-order valence-corrected chi connectivity index (χ3v) is 7.42. The number of carbonyl (C=O) groups excluding carboxylic acids is 1. The molecule has 0 aromatic heterocycles. The van der Waals surface area contributed by atoms with Crippen LogP contribution in [-0.4, -0.2) is 83.8 Å². The molecule has 10 nitrogen and oxygen atoms in total. The van der Waals surface area contributed by atoms with Gasteiger partial charge in [-0.1, -0.05) is 0 Å². The molecule has 2 atom stereocenters. The van der Waals surface area contributed by atoms with Gasteiger partial charge in [0, 0.05) is 24.8 Å². The molecule has 1 aliphatic heterocycles. The summed E-state index contributed by atoms with van der Waals surface area (Å²) in [6.07, 6.45) is 1.83. The van der Waals surface area contributed by atoms with Crippen LogP contribution in [0.4, 0.5) is 0 Å². The fourth-order valence-corrected chi connectivity index (χ4v) is 5.30. The number of carboxylic acid groups (broad SMARTS) is 1. The summed E-state index contributed by atoms with van der Waals surface area (Å²) in [5.74, 6) is 1.60. The molecule has 2 aromatic carbocycles. The first-order valence-electron chi connectivity index (χ1n) is 12.9. The van der Waals surface area contributed by atoms with E-state index in [0.29, 0.717) is 46.1 Å². The van der Waals surface area contributed by atoms with Gasteiger partial charge in [-0.3, -0.25) is 9.59 Å². The van der Waals surface area contributed by atoms with E-state index in [9.17, 15) is 9.59 Å². The van der Waals surface area contributed by atoms with Gasteiger partial charge < -0.3 is 38.0 Å². The van der Waals surface area contributed by atoms with Crippen LogP contribution in [0.15, 0.2) is 24.3 Å². The highest BCUT2D eigenvalue weighted by molar-refractivity contribution is 5.76. The molecule has 2 aromatic rings. The Labute approximate surface area is 229 Å². The van der Waals surface area contributed by atoms with Crippen LogP contribution in [-0.2, 0) is 27.2 Å². The van der Waals surface area contributed by atoms with Crippen molar-refractivity contribution in [3.63, 3.8) is 0 Å². The number of fused-ring (bicyclic) bond motifs is 1. The Morgan fingerprint density at radius 2 is 1.49 bits per heavy atom. The van der Waals surface area contributed by atoms with Crippen LogP contribution in [0.25, 0.3) is 0 Å². The highest BCUT2D eigenvalue weighted by Gasteiger charge is 2.40. The largest absolute Gasteiger partial charge is 0.493 e. The van der Waals surface area contributed by atoms with E-state index in [1.54, 1.807) is 35.5 Å². The zero-order valence-electron chi connectivity index (χ0n) is 23.7. The Morgan fingerprint density at radius 3 is 2.05 bits per heavy atom. The molecule has 0 aliphatic carbocycles. The highest BCUT2D eigenvalue weighted by atomic mass is 16.5. The molecule has 0 saturated carbocycles. The lowest BCUT2D eigenvalue weighted by Crippen LogP contribution is -2.52. The number of carboxylic acids is 1. The molecule has 1 N–H and O–H groups in total. The molecule has 1 heterocycles. The van der Waals surface area contributed by atoms with Crippen LogP contribution < -0.4 is 23.7 Å². The second-order valence-electron chi connectivity index (χ2n) is 9.80. The lowest BCUT2D eigenvalue weighted by Gasteiger charge is -2.46. The lowest BCUT2D eigenvalue weighted by atomic mass is 9.86. The van der Waals surface area contributed by atoms with Crippen molar-refractivity contribution in [1.29, 1.82) is 0 Å². The van der Waals surface area contributed by atoms with E-state index < -0.39 is 11.9 Å². The number of rotatable bonds is 14. The SMILES string of the molecule is COc1cc2c(cc1OC)[C@@H](Cc1cc(OC)c(OC)c(OC)c1)[N@+](C)(CCCOC(=O)CCC(=O)O)CC2. The Balaban J connectivity index is 1.92. The number of hydrogen-bond donors (Lipinski definition) is 1. The summed E-state index contributed by atoms with van der Waals surface area (Å²) >= 11 is 0. The zero-order chi connectivity index (χ0) is 28.6. The first-order chi connectivity index (χ1) is 18.7. The average molecular weight is 547 g/mol. The number of benzene rings is 2. The molecule has 214 valence electrons. The van der Waals surface area contributed by atoms with Crippen LogP contribution in [0.1, 0.15) is 42.0 Å². The van der Waals surface area contributed by atoms with Crippen LogP contribution in [0, 0.1) is 0 Å². The van der Waals surface area contributed by atoms with E-state index >= 15 is 0 Å². The Bertz CT molecular complexity index is 1140. The van der Waals surface area contributed by atoms with Crippen molar-refractivity contribution in [2.24, 2.45) is 0 Å². The van der Waals surface area contributed by atoms with Gasteiger partial charge in [0.05, 0.1) is 75.1 Å². The van der Waals surface area contributed by atoms with Crippen LogP contribution >= 0.6 is 0 Å². The molecule has 0 spiro atoms. The van der Waals surface area contributed by atoms with Crippen molar-refractivity contribution in [3.8, 4) is 28.7 Å². The summed E-state index contributed by atoms with van der Waals surface area (Å²) in [6.45, 7) is 1.88. The van der Waals surface area contributed by atoms with Gasteiger partial charge in [-0.15, -0.1) is 0 Å². The van der Waals surface area contributed by atoms with Crippen LogP contribution in [0.2, 0.25) is 0 Å². The summed E-state index contributed by atoms with van der Waals surface area (Å²) < 4.78 is 34.0. The molecule has 0 fully saturated rings. The Hall–Kier alpha value is -3.66. The van der Waals surface area contributed by atoms with E-state index in [-0.39, 0.29) is 25.5 Å². The van der Waals surface area contributed by atoms with Gasteiger partial charge in [0.1, 0.15) is 6.04 Å². The average Bonchev–Trinajstić information content (AvgIpc) is 2.94. The molecule has 0 bridgehead atoms. The smallest absolute Gasteiger partial charge is 0.306 e. The zero-order valence-corrected chi connectivity index (χ0v) is 23.7. The minimum Gasteiger partial charge on any atom is -0.493 e. The number of nitrogens with zero attached hydrogens (tertiary/aromatic N) is 1. The fraction of sp³-hybridized carbons (Fsp3) is 0.517. The maximum Gasteiger partial charge on any atom is 0.306 e. The summed E-state index contributed by atoms with van der Waals surface area (Å²) in [7, 11) is 10.3. The second-order valence-corrected chi connectivity index (χ2v) is 9.80. The van der Waals surface area contributed by atoms with Gasteiger partial charge in [0.2, 0.25) is 5.75 Å². The minimum atomic E-state index is -1.02. The van der Waals surface area contributed by atoms with Crippen molar-refractivity contribution in [3.05, 3.63) is 41.0 Å². The van der Waals surface area contributed by atoms with Crippen LogP contribution in [0.3, 0.4) is 0 Å². The number of aliphatic carboxylic acids is 1. The van der Waals surface area contributed by atoms with Crippen molar-refractivity contribution in [2.45, 2.75) is 38.1 Å². The topological polar surface area (TPSA) is 110 Å². The molecule has 0 amide bonds. The van der Waals surface area contributed by atoms with Crippen molar-refractivity contribution < 1.29 is 47.6 Å². The van der Waals surface area contributed by atoms with E-state index in [2.05, 4.69) is 19.2 Å². The van der Waals surface area contributed by atoms with Crippen LogP contribution in [0.5, 0.6) is 28.7 Å². The number of ether oxygens (including phenoxy) is 6. The first-order valence-corrected chi connectivity index (χ1v) is 12.9. The number of likely N-dealkylation sites (N-methyl/N-ethyl adjacent to an activating group) is 1. The number of methoxy groups -OCH3 is 5. The van der Waals surface area contributed by atoms with E-state index in [1.165, 1.54) is 11.1 Å². The number of esters is 1. The molecular weight excluding hydrogens is 506 g/mol. The van der Waals surface area contributed by atoms with Gasteiger partial charge in [-0.05, 0) is 35.4 Å². The van der Waals surface area contributed by atoms with Gasteiger partial charge in [-0.2, -0.15) is 0 Å². The summed E-state index contributed by atoms with van der Waals surface area (Å²) in [5, 5.41) is 8.78. The third kappa shape index (κ3) is 7.06. The highest BCUT2D eigenvalue weighted by Crippen LogP contribution is 2.44. The van der Waals surface area contributed by atoms with Gasteiger partial charge >= 0.3 is 11.9 Å². The first kappa shape index (κ1) is 29.9. The molecule has 1 aliphatic rings.